The Balaban J connectivity index is 1.74. The Hall–Kier alpha value is -2.66. The Morgan fingerprint density at radius 1 is 1.12 bits per heavy atom. The van der Waals surface area contributed by atoms with Crippen LogP contribution in [-0.4, -0.2) is 29.3 Å². The van der Waals surface area contributed by atoms with E-state index in [4.69, 9.17) is 5.73 Å². The molecule has 3 N–H and O–H groups in total. The summed E-state index contributed by atoms with van der Waals surface area (Å²) in [5.74, 6) is -0.539. The summed E-state index contributed by atoms with van der Waals surface area (Å²) in [5, 5.41) is 2.91. The highest BCUT2D eigenvalue weighted by Crippen LogP contribution is 2.23. The van der Waals surface area contributed by atoms with Gasteiger partial charge in [0.1, 0.15) is 0 Å². The molecule has 1 aliphatic heterocycles. The molecule has 0 aromatic heterocycles. The molecule has 0 saturated heterocycles. The van der Waals surface area contributed by atoms with E-state index in [-0.39, 0.29) is 12.5 Å². The summed E-state index contributed by atoms with van der Waals surface area (Å²) in [7, 11) is 0. The first-order valence-electron chi connectivity index (χ1n) is 8.00. The molecule has 0 bridgehead atoms. The van der Waals surface area contributed by atoms with Crippen molar-refractivity contribution in [3.63, 3.8) is 0 Å². The molecule has 5 heteroatoms. The Kier molecular flexibility index (Phi) is 4.62. The molecule has 0 aliphatic carbocycles. The van der Waals surface area contributed by atoms with Crippen molar-refractivity contribution in [2.45, 2.75) is 25.9 Å². The van der Waals surface area contributed by atoms with Gasteiger partial charge in [-0.1, -0.05) is 42.5 Å². The van der Waals surface area contributed by atoms with Gasteiger partial charge in [0.2, 0.25) is 11.8 Å². The number of para-hydroxylation sites is 1. The minimum Gasteiger partial charge on any atom is -0.368 e. The number of nitrogens with two attached hydrogens (primary N) is 1. The minimum atomic E-state index is -0.456. The third kappa shape index (κ3) is 3.46. The highest BCUT2D eigenvalue weighted by Gasteiger charge is 2.31. The summed E-state index contributed by atoms with van der Waals surface area (Å²) in [4.78, 5) is 26.1. The third-order valence-corrected chi connectivity index (χ3v) is 4.44. The van der Waals surface area contributed by atoms with Crippen molar-refractivity contribution >= 4 is 17.5 Å². The lowest BCUT2D eigenvalue weighted by atomic mass is 9.93. The summed E-state index contributed by atoms with van der Waals surface area (Å²) in [6, 6.07) is 15.1. The van der Waals surface area contributed by atoms with Gasteiger partial charge in [-0.15, -0.1) is 0 Å². The quantitative estimate of drug-likeness (QED) is 0.901. The Morgan fingerprint density at radius 3 is 2.50 bits per heavy atom. The smallest absolute Gasteiger partial charge is 0.238 e. The van der Waals surface area contributed by atoms with E-state index in [1.807, 2.05) is 60.4 Å². The minimum absolute atomic E-state index is 0.135. The van der Waals surface area contributed by atoms with Crippen LogP contribution in [0.25, 0.3) is 0 Å². The molecule has 0 spiro atoms. The summed E-state index contributed by atoms with van der Waals surface area (Å²) in [6.45, 7) is 2.63. The summed E-state index contributed by atoms with van der Waals surface area (Å²) in [5.41, 5.74) is 9.60. The van der Waals surface area contributed by atoms with Gasteiger partial charge in [0.25, 0.3) is 0 Å². The van der Waals surface area contributed by atoms with Crippen molar-refractivity contribution in [1.29, 1.82) is 0 Å². The molecule has 5 nitrogen and oxygen atoms in total. The number of carbonyl (C=O) groups is 2. The Morgan fingerprint density at radius 2 is 1.79 bits per heavy atom. The van der Waals surface area contributed by atoms with E-state index in [1.54, 1.807) is 0 Å². The highest BCUT2D eigenvalue weighted by molar-refractivity contribution is 5.93. The standard InChI is InChI=1S/C19H21N3O2/c1-13-6-2-5-9-16(13)21-18(23)12-22-11-15-8-4-3-7-14(15)10-17(22)19(20)24/h2-9,17H,10-12H2,1H3,(H2,20,24)(H,21,23)/t17-/m0/s1. The maximum atomic E-state index is 12.4. The van der Waals surface area contributed by atoms with Crippen LogP contribution in [0.15, 0.2) is 48.5 Å². The van der Waals surface area contributed by atoms with Gasteiger partial charge < -0.3 is 11.1 Å². The maximum Gasteiger partial charge on any atom is 0.238 e. The van der Waals surface area contributed by atoms with E-state index in [2.05, 4.69) is 5.32 Å². The Labute approximate surface area is 141 Å². The molecule has 0 saturated carbocycles. The van der Waals surface area contributed by atoms with Crippen LogP contribution in [0.5, 0.6) is 0 Å². The molecular weight excluding hydrogens is 302 g/mol. The second kappa shape index (κ2) is 6.84. The third-order valence-electron chi connectivity index (χ3n) is 4.44. The van der Waals surface area contributed by atoms with Crippen LogP contribution < -0.4 is 11.1 Å². The molecule has 2 aromatic rings. The number of amides is 2. The zero-order valence-corrected chi connectivity index (χ0v) is 13.7. The molecule has 24 heavy (non-hydrogen) atoms. The van der Waals surface area contributed by atoms with Gasteiger partial charge >= 0.3 is 0 Å². The van der Waals surface area contributed by atoms with E-state index in [9.17, 15) is 9.59 Å². The lowest BCUT2D eigenvalue weighted by Gasteiger charge is -2.34. The predicted molar refractivity (Wildman–Crippen MR) is 93.3 cm³/mol. The van der Waals surface area contributed by atoms with E-state index >= 15 is 0 Å². The van der Waals surface area contributed by atoms with Gasteiger partial charge in [0, 0.05) is 12.2 Å². The average molecular weight is 323 g/mol. The summed E-state index contributed by atoms with van der Waals surface area (Å²) >= 11 is 0. The van der Waals surface area contributed by atoms with Gasteiger partial charge in [-0.05, 0) is 36.1 Å². The largest absolute Gasteiger partial charge is 0.368 e. The first kappa shape index (κ1) is 16.2. The number of anilines is 1. The number of nitrogens with one attached hydrogen (secondary N) is 1. The molecule has 124 valence electrons. The fraction of sp³-hybridized carbons (Fsp3) is 0.263. The number of hydrogen-bond acceptors (Lipinski definition) is 3. The van der Waals surface area contributed by atoms with Gasteiger partial charge in [-0.2, -0.15) is 0 Å². The van der Waals surface area contributed by atoms with Gasteiger partial charge in [-0.3, -0.25) is 14.5 Å². The maximum absolute atomic E-state index is 12.4. The number of benzene rings is 2. The fourth-order valence-electron chi connectivity index (χ4n) is 3.11. The van der Waals surface area contributed by atoms with E-state index in [0.717, 1.165) is 22.4 Å². The number of primary amides is 1. The first-order valence-corrected chi connectivity index (χ1v) is 8.00. The molecule has 1 heterocycles. The van der Waals surface area contributed by atoms with Gasteiger partial charge in [0.05, 0.1) is 12.6 Å². The number of rotatable bonds is 4. The van der Waals surface area contributed by atoms with Crippen molar-refractivity contribution in [3.05, 3.63) is 65.2 Å². The van der Waals surface area contributed by atoms with Crippen LogP contribution in [0.1, 0.15) is 16.7 Å². The van der Waals surface area contributed by atoms with E-state index < -0.39 is 11.9 Å². The van der Waals surface area contributed by atoms with Crippen LogP contribution >= 0.6 is 0 Å². The van der Waals surface area contributed by atoms with Crippen molar-refractivity contribution < 1.29 is 9.59 Å². The van der Waals surface area contributed by atoms with E-state index in [0.29, 0.717) is 13.0 Å². The van der Waals surface area contributed by atoms with Gasteiger partial charge in [-0.25, -0.2) is 0 Å². The molecule has 2 amide bonds. The average Bonchev–Trinajstić information content (AvgIpc) is 2.56. The lowest BCUT2D eigenvalue weighted by molar-refractivity contribution is -0.125. The van der Waals surface area contributed by atoms with E-state index in [1.165, 1.54) is 0 Å². The highest BCUT2D eigenvalue weighted by atomic mass is 16.2. The van der Waals surface area contributed by atoms with Crippen LogP contribution in [0, 0.1) is 6.92 Å². The zero-order valence-electron chi connectivity index (χ0n) is 13.7. The van der Waals surface area contributed by atoms with Crippen molar-refractivity contribution in [2.75, 3.05) is 11.9 Å². The normalized spacial score (nSPS) is 17.1. The van der Waals surface area contributed by atoms with Crippen molar-refractivity contribution in [3.8, 4) is 0 Å². The second-order valence-corrected chi connectivity index (χ2v) is 6.16. The summed E-state index contributed by atoms with van der Waals surface area (Å²) in [6.07, 6.45) is 0.545. The number of carbonyl (C=O) groups excluding carboxylic acids is 2. The fourth-order valence-corrected chi connectivity index (χ4v) is 3.11. The van der Waals surface area contributed by atoms with Crippen LogP contribution in [-0.2, 0) is 22.6 Å². The molecular formula is C19H21N3O2. The SMILES string of the molecule is Cc1ccccc1NC(=O)CN1Cc2ccccc2C[C@H]1C(N)=O. The molecule has 1 atom stereocenters. The molecule has 1 aliphatic rings. The predicted octanol–water partition coefficient (Wildman–Crippen LogP) is 1.85. The summed E-state index contributed by atoms with van der Waals surface area (Å²) < 4.78 is 0. The molecule has 0 unspecified atom stereocenters. The first-order chi connectivity index (χ1) is 11.5. The van der Waals surface area contributed by atoms with Crippen LogP contribution in [0.2, 0.25) is 0 Å². The second-order valence-electron chi connectivity index (χ2n) is 6.16. The van der Waals surface area contributed by atoms with Crippen LogP contribution in [0.4, 0.5) is 5.69 Å². The molecule has 0 fully saturated rings. The topological polar surface area (TPSA) is 75.4 Å². The monoisotopic (exact) mass is 323 g/mol. The van der Waals surface area contributed by atoms with Crippen LogP contribution in [0.3, 0.4) is 0 Å². The number of hydrogen-bond donors (Lipinski definition) is 2. The molecule has 2 aromatic carbocycles. The molecule has 0 radical (unpaired) electrons. The lowest BCUT2D eigenvalue weighted by Crippen LogP contribution is -2.50. The van der Waals surface area contributed by atoms with Crippen molar-refractivity contribution in [1.82, 2.24) is 4.90 Å². The zero-order chi connectivity index (χ0) is 17.1. The molecule has 3 rings (SSSR count). The number of aryl methyl sites for hydroxylation is 1. The van der Waals surface area contributed by atoms with Crippen molar-refractivity contribution in [2.24, 2.45) is 5.73 Å². The number of nitrogens with zero attached hydrogens (tertiary/aromatic N) is 1. The Bertz CT molecular complexity index is 773. The number of fused-ring (bicyclic) bond motifs is 1. The van der Waals surface area contributed by atoms with Gasteiger partial charge in [0.15, 0.2) is 0 Å².